The van der Waals surface area contributed by atoms with Crippen LogP contribution in [0.1, 0.15) is 6.42 Å². The number of aromatic nitrogens is 1. The van der Waals surface area contributed by atoms with Crippen molar-refractivity contribution in [2.45, 2.75) is 23.8 Å². The van der Waals surface area contributed by atoms with E-state index in [4.69, 9.17) is 4.74 Å². The molecule has 2 heterocycles. The average molecular weight is 438 g/mol. The van der Waals surface area contributed by atoms with Crippen LogP contribution < -0.4 is 9.47 Å². The Labute approximate surface area is 170 Å². The molecule has 0 spiro atoms. The number of para-hydroxylation sites is 1. The highest BCUT2D eigenvalue weighted by Gasteiger charge is 2.35. The number of ether oxygens (including phenoxy) is 2. The lowest BCUT2D eigenvalue weighted by molar-refractivity contribution is -0.274. The number of nitrogens with zero attached hydrogens (tertiary/aromatic N) is 2. The number of halogens is 3. The van der Waals surface area contributed by atoms with Crippen molar-refractivity contribution in [3.8, 4) is 11.5 Å². The average Bonchev–Trinajstić information content (AvgIpc) is 3.17. The van der Waals surface area contributed by atoms with Crippen LogP contribution in [0.3, 0.4) is 0 Å². The molecular weight excluding hydrogens is 421 g/mol. The lowest BCUT2D eigenvalue weighted by atomic mass is 10.2. The first kappa shape index (κ1) is 20.4. The molecule has 10 heteroatoms. The van der Waals surface area contributed by atoms with E-state index in [-0.39, 0.29) is 24.1 Å². The minimum absolute atomic E-state index is 0.107. The summed E-state index contributed by atoms with van der Waals surface area (Å²) in [5, 5.41) is 0.915. The number of alkyl halides is 3. The molecule has 0 N–H and O–H groups in total. The molecule has 0 amide bonds. The summed E-state index contributed by atoms with van der Waals surface area (Å²) in [7, 11) is -3.87. The molecule has 0 aliphatic carbocycles. The Kier molecular flexibility index (Phi) is 5.29. The monoisotopic (exact) mass is 438 g/mol. The van der Waals surface area contributed by atoms with E-state index >= 15 is 0 Å². The largest absolute Gasteiger partial charge is 0.573 e. The molecule has 1 fully saturated rings. The summed E-state index contributed by atoms with van der Waals surface area (Å²) >= 11 is 0. The van der Waals surface area contributed by atoms with Gasteiger partial charge in [-0.15, -0.1) is 13.2 Å². The Bertz CT molecular complexity index is 1150. The SMILES string of the molecule is O=S(=O)(c1ccc(OC(F)(F)F)cc1)N1CCC(Oc2cccc3cccnc23)C1. The summed E-state index contributed by atoms with van der Waals surface area (Å²) in [6.07, 6.45) is -3.05. The Hall–Kier alpha value is -2.85. The number of pyridine rings is 1. The van der Waals surface area contributed by atoms with E-state index in [1.54, 1.807) is 12.3 Å². The van der Waals surface area contributed by atoms with E-state index < -0.39 is 22.1 Å². The highest BCUT2D eigenvalue weighted by Crippen LogP contribution is 2.29. The van der Waals surface area contributed by atoms with Gasteiger partial charge in [0.2, 0.25) is 10.0 Å². The number of rotatable bonds is 5. The maximum atomic E-state index is 12.8. The summed E-state index contributed by atoms with van der Waals surface area (Å²) in [5.41, 5.74) is 0.696. The second-order valence-electron chi connectivity index (χ2n) is 6.74. The fourth-order valence-corrected chi connectivity index (χ4v) is 4.81. The van der Waals surface area contributed by atoms with Gasteiger partial charge in [0.05, 0.1) is 11.4 Å². The molecule has 1 aromatic heterocycles. The van der Waals surface area contributed by atoms with Crippen LogP contribution in [0.15, 0.2) is 65.7 Å². The number of hydrogen-bond donors (Lipinski definition) is 0. The van der Waals surface area contributed by atoms with Gasteiger partial charge in [-0.25, -0.2) is 8.42 Å². The van der Waals surface area contributed by atoms with Crippen molar-refractivity contribution >= 4 is 20.9 Å². The minimum atomic E-state index is -4.84. The number of sulfonamides is 1. The second-order valence-corrected chi connectivity index (χ2v) is 8.68. The van der Waals surface area contributed by atoms with Crippen molar-refractivity contribution in [1.82, 2.24) is 9.29 Å². The van der Waals surface area contributed by atoms with Gasteiger partial charge in [0.1, 0.15) is 23.1 Å². The standard InChI is InChI=1S/C20H17F3N2O4S/c21-20(22,23)29-15-6-8-17(9-7-15)30(26,27)25-12-10-16(13-25)28-18-5-1-3-14-4-2-11-24-19(14)18/h1-9,11,16H,10,12-13H2. The highest BCUT2D eigenvalue weighted by molar-refractivity contribution is 7.89. The van der Waals surface area contributed by atoms with Gasteiger partial charge in [-0.3, -0.25) is 4.98 Å². The van der Waals surface area contributed by atoms with Crippen LogP contribution >= 0.6 is 0 Å². The summed E-state index contributed by atoms with van der Waals surface area (Å²) < 4.78 is 73.5. The van der Waals surface area contributed by atoms with Crippen molar-refractivity contribution in [3.05, 3.63) is 60.8 Å². The van der Waals surface area contributed by atoms with Crippen LogP contribution in [-0.4, -0.2) is 43.3 Å². The third-order valence-corrected chi connectivity index (χ3v) is 6.57. The Morgan fingerprint density at radius 1 is 1.03 bits per heavy atom. The van der Waals surface area contributed by atoms with E-state index in [1.165, 1.54) is 4.31 Å². The van der Waals surface area contributed by atoms with Gasteiger partial charge < -0.3 is 9.47 Å². The van der Waals surface area contributed by atoms with Gasteiger partial charge in [-0.05, 0) is 42.8 Å². The molecule has 0 saturated carbocycles. The first-order valence-electron chi connectivity index (χ1n) is 9.09. The van der Waals surface area contributed by atoms with E-state index in [0.29, 0.717) is 17.7 Å². The van der Waals surface area contributed by atoms with Gasteiger partial charge in [0.25, 0.3) is 0 Å². The van der Waals surface area contributed by atoms with Crippen molar-refractivity contribution in [3.63, 3.8) is 0 Å². The van der Waals surface area contributed by atoms with Crippen molar-refractivity contribution in [1.29, 1.82) is 0 Å². The zero-order valence-corrected chi connectivity index (χ0v) is 16.4. The molecule has 6 nitrogen and oxygen atoms in total. The van der Waals surface area contributed by atoms with Gasteiger partial charge in [0.15, 0.2) is 0 Å². The normalized spacial score (nSPS) is 17.9. The summed E-state index contributed by atoms with van der Waals surface area (Å²) in [4.78, 5) is 4.22. The molecule has 158 valence electrons. The third-order valence-electron chi connectivity index (χ3n) is 4.69. The van der Waals surface area contributed by atoms with Crippen LogP contribution in [0.4, 0.5) is 13.2 Å². The second kappa shape index (κ2) is 7.77. The maximum Gasteiger partial charge on any atom is 0.573 e. The lowest BCUT2D eigenvalue weighted by Gasteiger charge is -2.18. The fourth-order valence-electron chi connectivity index (χ4n) is 3.33. The molecule has 3 aromatic rings. The third kappa shape index (κ3) is 4.34. The predicted molar refractivity (Wildman–Crippen MR) is 103 cm³/mol. The molecule has 1 atom stereocenters. The molecule has 1 aliphatic rings. The van der Waals surface area contributed by atoms with Crippen molar-refractivity contribution in [2.75, 3.05) is 13.1 Å². The van der Waals surface area contributed by atoms with Gasteiger partial charge in [0, 0.05) is 18.1 Å². The number of fused-ring (bicyclic) bond motifs is 1. The summed E-state index contributed by atoms with van der Waals surface area (Å²) in [5.74, 6) is 0.0959. The number of benzene rings is 2. The molecular formula is C20H17F3N2O4S. The zero-order chi connectivity index (χ0) is 21.4. The topological polar surface area (TPSA) is 68.7 Å². The fraction of sp³-hybridized carbons (Fsp3) is 0.250. The first-order valence-corrected chi connectivity index (χ1v) is 10.5. The zero-order valence-electron chi connectivity index (χ0n) is 15.5. The molecule has 0 radical (unpaired) electrons. The summed E-state index contributed by atoms with van der Waals surface area (Å²) in [6.45, 7) is 0.373. The Morgan fingerprint density at radius 2 is 1.77 bits per heavy atom. The van der Waals surface area contributed by atoms with Crippen LogP contribution in [0.5, 0.6) is 11.5 Å². The predicted octanol–water partition coefficient (Wildman–Crippen LogP) is 3.98. The van der Waals surface area contributed by atoms with Crippen LogP contribution in [0.2, 0.25) is 0 Å². The Morgan fingerprint density at radius 3 is 2.50 bits per heavy atom. The van der Waals surface area contributed by atoms with Gasteiger partial charge >= 0.3 is 6.36 Å². The molecule has 2 aromatic carbocycles. The van der Waals surface area contributed by atoms with E-state index in [0.717, 1.165) is 29.7 Å². The van der Waals surface area contributed by atoms with Crippen molar-refractivity contribution in [2.24, 2.45) is 0 Å². The Balaban J connectivity index is 1.47. The minimum Gasteiger partial charge on any atom is -0.487 e. The van der Waals surface area contributed by atoms with Crippen LogP contribution in [-0.2, 0) is 10.0 Å². The molecule has 1 unspecified atom stereocenters. The lowest BCUT2D eigenvalue weighted by Crippen LogP contribution is -2.31. The number of hydrogen-bond acceptors (Lipinski definition) is 5. The maximum absolute atomic E-state index is 12.8. The smallest absolute Gasteiger partial charge is 0.487 e. The molecule has 4 rings (SSSR count). The van der Waals surface area contributed by atoms with Gasteiger partial charge in [-0.1, -0.05) is 18.2 Å². The molecule has 1 aliphatic heterocycles. The highest BCUT2D eigenvalue weighted by atomic mass is 32.2. The van der Waals surface area contributed by atoms with E-state index in [9.17, 15) is 21.6 Å². The van der Waals surface area contributed by atoms with E-state index in [2.05, 4.69) is 9.72 Å². The van der Waals surface area contributed by atoms with Crippen LogP contribution in [0, 0.1) is 0 Å². The quantitative estimate of drug-likeness (QED) is 0.603. The van der Waals surface area contributed by atoms with Crippen LogP contribution in [0.25, 0.3) is 10.9 Å². The van der Waals surface area contributed by atoms with E-state index in [1.807, 2.05) is 24.3 Å². The summed E-state index contributed by atoms with van der Waals surface area (Å²) in [6, 6.07) is 13.4. The molecule has 0 bridgehead atoms. The first-order chi connectivity index (χ1) is 14.2. The molecule has 1 saturated heterocycles. The van der Waals surface area contributed by atoms with Gasteiger partial charge in [-0.2, -0.15) is 4.31 Å². The van der Waals surface area contributed by atoms with Crippen molar-refractivity contribution < 1.29 is 31.1 Å². The molecule has 30 heavy (non-hydrogen) atoms.